The molecule has 0 heterocycles. The zero-order valence-electron chi connectivity index (χ0n) is 7.54. The maximum atomic E-state index is 10.9. The Morgan fingerprint density at radius 3 is 2.62 bits per heavy atom. The highest BCUT2D eigenvalue weighted by molar-refractivity contribution is 5.78. The molecule has 0 aliphatic carbocycles. The maximum Gasteiger partial charge on any atom is 0.246 e. The van der Waals surface area contributed by atoms with Crippen molar-refractivity contribution in [1.29, 1.82) is 0 Å². The van der Waals surface area contributed by atoms with Gasteiger partial charge in [0.25, 0.3) is 0 Å². The third-order valence-electron chi connectivity index (χ3n) is 1.11. The fourth-order valence-electron chi connectivity index (χ4n) is 0.588. The molecule has 0 spiro atoms. The molecule has 0 saturated heterocycles. The first-order valence-corrected chi connectivity index (χ1v) is 3.78. The van der Waals surface area contributed by atoms with Crippen molar-refractivity contribution < 1.29 is 19.1 Å². The second-order valence-electron chi connectivity index (χ2n) is 2.30. The van der Waals surface area contributed by atoms with E-state index in [0.29, 0.717) is 13.2 Å². The number of hydrogen-bond donors (Lipinski definition) is 2. The lowest BCUT2D eigenvalue weighted by molar-refractivity contribution is -0.129. The minimum Gasteiger partial charge on any atom is -0.383 e. The Hall–Kier alpha value is -1.14. The number of carbonyl (C=O) groups is 2. The minimum absolute atomic E-state index is 0.160. The Morgan fingerprint density at radius 1 is 1.38 bits per heavy atom. The Bertz CT molecular complexity index is 172. The van der Waals surface area contributed by atoms with Crippen LogP contribution in [-0.4, -0.2) is 45.3 Å². The van der Waals surface area contributed by atoms with E-state index >= 15 is 0 Å². The summed E-state index contributed by atoms with van der Waals surface area (Å²) in [4.78, 5) is 21.0. The van der Waals surface area contributed by atoms with Crippen molar-refractivity contribution in [3.05, 3.63) is 0 Å². The first-order chi connectivity index (χ1) is 6.16. The molecular weight excluding hydrogens is 176 g/mol. The maximum absolute atomic E-state index is 10.9. The molecular formula is C7H14N2O4. The van der Waals surface area contributed by atoms with Crippen molar-refractivity contribution >= 4 is 11.8 Å². The van der Waals surface area contributed by atoms with Crippen LogP contribution in [0, 0.1) is 0 Å². The SMILES string of the molecule is COCCNC(=O)COCC(N)=O. The van der Waals surface area contributed by atoms with Crippen LogP contribution >= 0.6 is 0 Å². The van der Waals surface area contributed by atoms with E-state index in [1.165, 1.54) is 7.11 Å². The van der Waals surface area contributed by atoms with Crippen LogP contribution in [0.1, 0.15) is 0 Å². The van der Waals surface area contributed by atoms with E-state index in [0.717, 1.165) is 0 Å². The van der Waals surface area contributed by atoms with Gasteiger partial charge < -0.3 is 20.5 Å². The highest BCUT2D eigenvalue weighted by Crippen LogP contribution is 1.74. The molecule has 0 saturated carbocycles. The number of nitrogens with one attached hydrogen (secondary N) is 1. The van der Waals surface area contributed by atoms with Gasteiger partial charge in [0, 0.05) is 13.7 Å². The standard InChI is InChI=1S/C7H14N2O4/c1-12-3-2-9-7(11)5-13-4-6(8)10/h2-5H2,1H3,(H2,8,10)(H,9,11). The predicted octanol–water partition coefficient (Wildman–Crippen LogP) is -1.75. The van der Waals surface area contributed by atoms with E-state index in [4.69, 9.17) is 10.5 Å². The molecule has 0 aromatic heterocycles. The summed E-state index contributed by atoms with van der Waals surface area (Å²) in [6.07, 6.45) is 0. The number of methoxy groups -OCH3 is 1. The third kappa shape index (κ3) is 8.77. The van der Waals surface area contributed by atoms with Gasteiger partial charge in [-0.1, -0.05) is 0 Å². The second-order valence-corrected chi connectivity index (χ2v) is 2.30. The second kappa shape index (κ2) is 7.51. The summed E-state index contributed by atoms with van der Waals surface area (Å²) in [6.45, 7) is 0.473. The van der Waals surface area contributed by atoms with Crippen LogP contribution in [-0.2, 0) is 19.1 Å². The normalized spacial score (nSPS) is 9.62. The average Bonchev–Trinajstić information content (AvgIpc) is 2.04. The van der Waals surface area contributed by atoms with Gasteiger partial charge in [-0.3, -0.25) is 9.59 Å². The van der Waals surface area contributed by atoms with Crippen molar-refractivity contribution in [2.75, 3.05) is 33.5 Å². The summed E-state index contributed by atoms with van der Waals surface area (Å²) in [5.74, 6) is -0.886. The van der Waals surface area contributed by atoms with E-state index in [1.54, 1.807) is 0 Å². The van der Waals surface area contributed by atoms with E-state index in [1.807, 2.05) is 0 Å². The van der Waals surface area contributed by atoms with Crippen LogP contribution in [0.2, 0.25) is 0 Å². The molecule has 76 valence electrons. The van der Waals surface area contributed by atoms with E-state index in [-0.39, 0.29) is 19.1 Å². The fraction of sp³-hybridized carbons (Fsp3) is 0.714. The van der Waals surface area contributed by atoms with E-state index < -0.39 is 5.91 Å². The molecule has 0 unspecified atom stereocenters. The number of amides is 2. The molecule has 6 heteroatoms. The predicted molar refractivity (Wildman–Crippen MR) is 44.9 cm³/mol. The van der Waals surface area contributed by atoms with Gasteiger partial charge in [0.15, 0.2) is 0 Å². The van der Waals surface area contributed by atoms with Gasteiger partial charge in [0.1, 0.15) is 13.2 Å². The van der Waals surface area contributed by atoms with Crippen LogP contribution in [0.4, 0.5) is 0 Å². The number of hydrogen-bond acceptors (Lipinski definition) is 4. The van der Waals surface area contributed by atoms with Gasteiger partial charge in [-0.15, -0.1) is 0 Å². The Kier molecular flexibility index (Phi) is 6.85. The van der Waals surface area contributed by atoms with Crippen LogP contribution in [0.3, 0.4) is 0 Å². The largest absolute Gasteiger partial charge is 0.383 e. The monoisotopic (exact) mass is 190 g/mol. The molecule has 0 aliphatic rings. The Morgan fingerprint density at radius 2 is 2.08 bits per heavy atom. The highest BCUT2D eigenvalue weighted by Gasteiger charge is 2.01. The Balaban J connectivity index is 3.25. The van der Waals surface area contributed by atoms with Gasteiger partial charge in [-0.25, -0.2) is 0 Å². The van der Waals surface area contributed by atoms with Gasteiger partial charge in [0.2, 0.25) is 11.8 Å². The summed E-state index contributed by atoms with van der Waals surface area (Å²) in [5, 5.41) is 2.52. The molecule has 0 aromatic rings. The number of nitrogens with two attached hydrogens (primary N) is 1. The van der Waals surface area contributed by atoms with E-state index in [2.05, 4.69) is 10.1 Å². The summed E-state index contributed by atoms with van der Waals surface area (Å²) < 4.78 is 9.37. The van der Waals surface area contributed by atoms with E-state index in [9.17, 15) is 9.59 Å². The lowest BCUT2D eigenvalue weighted by Gasteiger charge is -2.03. The first-order valence-electron chi connectivity index (χ1n) is 3.78. The quantitative estimate of drug-likeness (QED) is 0.466. The molecule has 0 atom stereocenters. The molecule has 13 heavy (non-hydrogen) atoms. The Labute approximate surface area is 76.4 Å². The molecule has 0 fully saturated rings. The highest BCUT2D eigenvalue weighted by atomic mass is 16.5. The van der Waals surface area contributed by atoms with Crippen molar-refractivity contribution in [1.82, 2.24) is 5.32 Å². The summed E-state index contributed by atoms with van der Waals surface area (Å²) in [5.41, 5.74) is 4.78. The zero-order valence-corrected chi connectivity index (χ0v) is 7.54. The van der Waals surface area contributed by atoms with Crippen LogP contribution in [0.25, 0.3) is 0 Å². The van der Waals surface area contributed by atoms with Crippen molar-refractivity contribution in [2.24, 2.45) is 5.73 Å². The molecule has 0 bridgehead atoms. The average molecular weight is 190 g/mol. The topological polar surface area (TPSA) is 90.7 Å². The number of rotatable bonds is 7. The first kappa shape index (κ1) is 11.9. The number of carbonyl (C=O) groups excluding carboxylic acids is 2. The van der Waals surface area contributed by atoms with Crippen LogP contribution in [0.15, 0.2) is 0 Å². The van der Waals surface area contributed by atoms with Gasteiger partial charge in [0.05, 0.1) is 6.61 Å². The molecule has 0 radical (unpaired) electrons. The number of primary amides is 1. The molecule has 2 amide bonds. The fourth-order valence-corrected chi connectivity index (χ4v) is 0.588. The summed E-state index contributed by atoms with van der Waals surface area (Å²) >= 11 is 0. The van der Waals surface area contributed by atoms with Gasteiger partial charge >= 0.3 is 0 Å². The van der Waals surface area contributed by atoms with Gasteiger partial charge in [-0.2, -0.15) is 0 Å². The van der Waals surface area contributed by atoms with Crippen LogP contribution < -0.4 is 11.1 Å². The van der Waals surface area contributed by atoms with Crippen molar-refractivity contribution in [2.45, 2.75) is 0 Å². The molecule has 0 rings (SSSR count). The van der Waals surface area contributed by atoms with Crippen molar-refractivity contribution in [3.8, 4) is 0 Å². The molecule has 3 N–H and O–H groups in total. The van der Waals surface area contributed by atoms with Crippen molar-refractivity contribution in [3.63, 3.8) is 0 Å². The molecule has 0 aromatic carbocycles. The lowest BCUT2D eigenvalue weighted by Crippen LogP contribution is -2.31. The van der Waals surface area contributed by atoms with Gasteiger partial charge in [-0.05, 0) is 0 Å². The zero-order chi connectivity index (χ0) is 10.1. The molecule has 6 nitrogen and oxygen atoms in total. The molecule has 0 aliphatic heterocycles. The lowest BCUT2D eigenvalue weighted by atomic mass is 10.6. The smallest absolute Gasteiger partial charge is 0.246 e. The summed E-state index contributed by atoms with van der Waals surface area (Å²) in [7, 11) is 1.54. The third-order valence-corrected chi connectivity index (χ3v) is 1.11. The summed E-state index contributed by atoms with van der Waals surface area (Å²) in [6, 6.07) is 0. The minimum atomic E-state index is -0.593. The number of ether oxygens (including phenoxy) is 2. The van der Waals surface area contributed by atoms with Crippen LogP contribution in [0.5, 0.6) is 0 Å².